The fraction of sp³-hybridized carbons (Fsp3) is 0.182. The van der Waals surface area contributed by atoms with Crippen LogP contribution in [0.25, 0.3) is 10.4 Å². The highest BCUT2D eigenvalue weighted by Crippen LogP contribution is 2.40. The van der Waals surface area contributed by atoms with Crippen LogP contribution in [-0.2, 0) is 0 Å². The molecule has 0 atom stereocenters. The van der Waals surface area contributed by atoms with Crippen LogP contribution in [0.1, 0.15) is 22.8 Å². The van der Waals surface area contributed by atoms with Gasteiger partial charge in [-0.05, 0) is 36.2 Å². The zero-order chi connectivity index (χ0) is 11.0. The van der Waals surface area contributed by atoms with Crippen molar-refractivity contribution in [2.75, 3.05) is 0 Å². The summed E-state index contributed by atoms with van der Waals surface area (Å²) >= 11 is 9.17. The molecule has 4 heteroatoms. The Morgan fingerprint density at radius 2 is 2.20 bits per heavy atom. The second-order valence-electron chi connectivity index (χ2n) is 3.27. The van der Waals surface area contributed by atoms with Crippen LogP contribution in [0.5, 0.6) is 0 Å². The fourth-order valence-corrected chi connectivity index (χ4v) is 3.63. The van der Waals surface area contributed by atoms with Crippen molar-refractivity contribution >= 4 is 40.1 Å². The molecule has 2 heterocycles. The average molecular weight is 257 g/mol. The van der Waals surface area contributed by atoms with Gasteiger partial charge < -0.3 is 0 Å². The minimum Gasteiger partial charge on any atom is -0.294 e. The van der Waals surface area contributed by atoms with Crippen LogP contribution in [0.2, 0.25) is 4.34 Å². The molecule has 0 N–H and O–H groups in total. The van der Waals surface area contributed by atoms with E-state index in [9.17, 15) is 4.79 Å². The Kier molecular flexibility index (Phi) is 2.96. The van der Waals surface area contributed by atoms with Crippen molar-refractivity contribution in [1.29, 1.82) is 0 Å². The fourth-order valence-electron chi connectivity index (χ4n) is 1.51. The standard InChI is InChI=1S/C11H9ClOS2/c1-6-9(7(2)13)10(15-11(6)12)8-3-4-14-5-8/h3-5H,1-2H3. The van der Waals surface area contributed by atoms with Crippen molar-refractivity contribution in [3.63, 3.8) is 0 Å². The SMILES string of the molecule is CC(=O)c1c(-c2ccsc2)sc(Cl)c1C. The third-order valence-electron chi connectivity index (χ3n) is 2.22. The Morgan fingerprint density at radius 3 is 2.73 bits per heavy atom. The summed E-state index contributed by atoms with van der Waals surface area (Å²) in [7, 11) is 0. The van der Waals surface area contributed by atoms with E-state index >= 15 is 0 Å². The molecule has 0 spiro atoms. The Balaban J connectivity index is 2.67. The molecule has 0 amide bonds. The highest BCUT2D eigenvalue weighted by Gasteiger charge is 2.18. The number of halogens is 1. The van der Waals surface area contributed by atoms with Crippen molar-refractivity contribution in [2.24, 2.45) is 0 Å². The first kappa shape index (κ1) is 10.9. The van der Waals surface area contributed by atoms with E-state index in [1.54, 1.807) is 18.3 Å². The minimum atomic E-state index is 0.0804. The van der Waals surface area contributed by atoms with Gasteiger partial charge in [-0.2, -0.15) is 11.3 Å². The van der Waals surface area contributed by atoms with E-state index in [-0.39, 0.29) is 5.78 Å². The number of hydrogen-bond acceptors (Lipinski definition) is 3. The largest absolute Gasteiger partial charge is 0.294 e. The first-order valence-electron chi connectivity index (χ1n) is 4.43. The number of hydrogen-bond donors (Lipinski definition) is 0. The van der Waals surface area contributed by atoms with Crippen molar-refractivity contribution in [3.8, 4) is 10.4 Å². The normalized spacial score (nSPS) is 10.6. The minimum absolute atomic E-state index is 0.0804. The number of thiophene rings is 2. The maximum absolute atomic E-state index is 11.5. The molecule has 1 nitrogen and oxygen atoms in total. The second-order valence-corrected chi connectivity index (χ2v) is 5.68. The number of carbonyl (C=O) groups is 1. The zero-order valence-electron chi connectivity index (χ0n) is 8.33. The molecule has 0 saturated heterocycles. The van der Waals surface area contributed by atoms with Gasteiger partial charge in [0.2, 0.25) is 0 Å². The highest BCUT2D eigenvalue weighted by atomic mass is 35.5. The van der Waals surface area contributed by atoms with Crippen molar-refractivity contribution in [3.05, 3.63) is 32.3 Å². The van der Waals surface area contributed by atoms with Gasteiger partial charge in [0.15, 0.2) is 5.78 Å². The Bertz CT molecular complexity index is 497. The molecule has 0 aromatic carbocycles. The topological polar surface area (TPSA) is 17.1 Å². The van der Waals surface area contributed by atoms with E-state index in [2.05, 4.69) is 0 Å². The molecule has 0 aliphatic rings. The van der Waals surface area contributed by atoms with Crippen LogP contribution in [0.3, 0.4) is 0 Å². The van der Waals surface area contributed by atoms with E-state index in [0.717, 1.165) is 21.6 Å². The number of ketones is 1. The van der Waals surface area contributed by atoms with Crippen LogP contribution in [-0.4, -0.2) is 5.78 Å². The summed E-state index contributed by atoms with van der Waals surface area (Å²) in [6, 6.07) is 2.01. The lowest BCUT2D eigenvalue weighted by Gasteiger charge is -1.98. The summed E-state index contributed by atoms with van der Waals surface area (Å²) in [5.41, 5.74) is 2.75. The van der Waals surface area contributed by atoms with Gasteiger partial charge in [0.1, 0.15) is 0 Å². The molecule has 0 bridgehead atoms. The van der Waals surface area contributed by atoms with Crippen molar-refractivity contribution in [1.82, 2.24) is 0 Å². The summed E-state index contributed by atoms with van der Waals surface area (Å²) in [6.45, 7) is 3.48. The lowest BCUT2D eigenvalue weighted by atomic mass is 10.1. The van der Waals surface area contributed by atoms with Crippen LogP contribution < -0.4 is 0 Å². The van der Waals surface area contributed by atoms with Crippen LogP contribution in [0.15, 0.2) is 16.8 Å². The van der Waals surface area contributed by atoms with Gasteiger partial charge in [0, 0.05) is 16.0 Å². The molecule has 0 fully saturated rings. The van der Waals surface area contributed by atoms with Crippen LogP contribution >= 0.6 is 34.3 Å². The summed E-state index contributed by atoms with van der Waals surface area (Å²) in [6.07, 6.45) is 0. The molecule has 0 aliphatic carbocycles. The van der Waals surface area contributed by atoms with Gasteiger partial charge in [-0.1, -0.05) is 11.6 Å². The Morgan fingerprint density at radius 1 is 1.47 bits per heavy atom. The summed E-state index contributed by atoms with van der Waals surface area (Å²) in [5, 5.41) is 4.04. The third kappa shape index (κ3) is 1.87. The number of Topliss-reactive ketones (excluding diaryl/α,β-unsaturated/α-hetero) is 1. The molecule has 0 unspecified atom stereocenters. The van der Waals surface area contributed by atoms with Gasteiger partial charge in [0.05, 0.1) is 4.34 Å². The lowest BCUT2D eigenvalue weighted by Crippen LogP contribution is -1.94. The Labute approximate surface area is 101 Å². The predicted octanol–water partition coefficient (Wildman–Crippen LogP) is 4.64. The van der Waals surface area contributed by atoms with E-state index in [4.69, 9.17) is 11.6 Å². The molecule has 0 aliphatic heterocycles. The summed E-state index contributed by atoms with van der Waals surface area (Å²) in [5.74, 6) is 0.0804. The van der Waals surface area contributed by atoms with Gasteiger partial charge in [-0.15, -0.1) is 11.3 Å². The molecular formula is C11H9ClOS2. The first-order valence-corrected chi connectivity index (χ1v) is 6.57. The molecule has 0 radical (unpaired) electrons. The molecule has 2 rings (SSSR count). The average Bonchev–Trinajstić information content (AvgIpc) is 2.75. The molecule has 15 heavy (non-hydrogen) atoms. The van der Waals surface area contributed by atoms with Gasteiger partial charge in [-0.25, -0.2) is 0 Å². The smallest absolute Gasteiger partial charge is 0.161 e. The highest BCUT2D eigenvalue weighted by molar-refractivity contribution is 7.20. The van der Waals surface area contributed by atoms with Crippen molar-refractivity contribution < 1.29 is 4.79 Å². The van der Waals surface area contributed by atoms with Crippen molar-refractivity contribution in [2.45, 2.75) is 13.8 Å². The maximum atomic E-state index is 11.5. The molecule has 78 valence electrons. The first-order chi connectivity index (χ1) is 7.11. The van der Waals surface area contributed by atoms with E-state index in [1.165, 1.54) is 11.3 Å². The monoisotopic (exact) mass is 256 g/mol. The Hall–Kier alpha value is -0.640. The van der Waals surface area contributed by atoms with E-state index in [1.807, 2.05) is 23.8 Å². The van der Waals surface area contributed by atoms with E-state index < -0.39 is 0 Å². The van der Waals surface area contributed by atoms with Crippen LogP contribution in [0, 0.1) is 6.92 Å². The second kappa shape index (κ2) is 4.08. The van der Waals surface area contributed by atoms with Gasteiger partial charge >= 0.3 is 0 Å². The zero-order valence-corrected chi connectivity index (χ0v) is 10.7. The third-order valence-corrected chi connectivity index (χ3v) is 4.55. The number of carbonyl (C=O) groups excluding carboxylic acids is 1. The maximum Gasteiger partial charge on any atom is 0.161 e. The number of rotatable bonds is 2. The summed E-state index contributed by atoms with van der Waals surface area (Å²) in [4.78, 5) is 12.5. The predicted molar refractivity (Wildman–Crippen MR) is 67.4 cm³/mol. The van der Waals surface area contributed by atoms with Gasteiger partial charge in [0.25, 0.3) is 0 Å². The lowest BCUT2D eigenvalue weighted by molar-refractivity contribution is 0.101. The van der Waals surface area contributed by atoms with Gasteiger partial charge in [-0.3, -0.25) is 4.79 Å². The summed E-state index contributed by atoms with van der Waals surface area (Å²) < 4.78 is 0.710. The molecule has 2 aromatic rings. The quantitative estimate of drug-likeness (QED) is 0.716. The molecule has 2 aromatic heterocycles. The van der Waals surface area contributed by atoms with Crippen LogP contribution in [0.4, 0.5) is 0 Å². The molecular weight excluding hydrogens is 248 g/mol. The molecule has 0 saturated carbocycles. The van der Waals surface area contributed by atoms with E-state index in [0.29, 0.717) is 4.34 Å².